The van der Waals surface area contributed by atoms with Gasteiger partial charge in [-0.1, -0.05) is 0 Å². The van der Waals surface area contributed by atoms with Crippen LogP contribution in [0.2, 0.25) is 0 Å². The Labute approximate surface area is 155 Å². The van der Waals surface area contributed by atoms with E-state index in [2.05, 4.69) is 10.2 Å². The highest BCUT2D eigenvalue weighted by Gasteiger charge is 2.21. The number of benzene rings is 2. The molecule has 0 N–H and O–H groups in total. The second-order valence-electron chi connectivity index (χ2n) is 6.18. The zero-order valence-electron chi connectivity index (χ0n) is 14.5. The van der Waals surface area contributed by atoms with E-state index in [4.69, 9.17) is 9.15 Å². The third-order valence-electron chi connectivity index (χ3n) is 4.41. The zero-order valence-corrected chi connectivity index (χ0v) is 14.5. The van der Waals surface area contributed by atoms with Crippen LogP contribution in [0.3, 0.4) is 0 Å². The third kappa shape index (κ3) is 3.72. The van der Waals surface area contributed by atoms with Crippen molar-refractivity contribution in [1.29, 1.82) is 0 Å². The molecule has 0 unspecified atom stereocenters. The number of ketones is 1. The minimum Gasteiger partial charge on any atom is -0.485 e. The summed E-state index contributed by atoms with van der Waals surface area (Å²) in [4.78, 5) is 25.9. The largest absolute Gasteiger partial charge is 0.485 e. The molecule has 3 aromatic rings. The molecule has 0 atom stereocenters. The second-order valence-corrected chi connectivity index (χ2v) is 6.18. The molecule has 1 aliphatic heterocycles. The summed E-state index contributed by atoms with van der Waals surface area (Å²) in [5.74, 6) is 0.997. The highest BCUT2D eigenvalue weighted by atomic mass is 16.5. The van der Waals surface area contributed by atoms with Gasteiger partial charge < -0.3 is 14.1 Å². The molecular weight excluding hydrogens is 346 g/mol. The molecule has 0 spiro atoms. The summed E-state index contributed by atoms with van der Waals surface area (Å²) < 4.78 is 10.7. The maximum absolute atomic E-state index is 12.3. The number of carbonyl (C=O) groups excluding carboxylic acids is 2. The monoisotopic (exact) mass is 363 g/mol. The molecule has 1 amide bonds. The number of nitrogens with zero attached hydrogens (tertiary/aromatic N) is 3. The quantitative estimate of drug-likeness (QED) is 0.626. The normalized spacial score (nSPS) is 13.8. The number of rotatable bonds is 6. The van der Waals surface area contributed by atoms with Gasteiger partial charge in [0.25, 0.3) is 0 Å². The van der Waals surface area contributed by atoms with Gasteiger partial charge in [0.05, 0.1) is 0 Å². The number of amides is 1. The minimum absolute atomic E-state index is 0.0676. The van der Waals surface area contributed by atoms with E-state index in [1.807, 2.05) is 0 Å². The Morgan fingerprint density at radius 3 is 2.52 bits per heavy atom. The smallest absolute Gasteiger partial charge is 0.247 e. The van der Waals surface area contributed by atoms with Crippen LogP contribution in [0.15, 0.2) is 59.3 Å². The van der Waals surface area contributed by atoms with Crippen LogP contribution < -0.4 is 9.64 Å². The van der Waals surface area contributed by atoms with Gasteiger partial charge in [0.2, 0.25) is 18.2 Å². The fourth-order valence-electron chi connectivity index (χ4n) is 2.97. The molecule has 2 heterocycles. The van der Waals surface area contributed by atoms with E-state index < -0.39 is 0 Å². The molecule has 136 valence electrons. The fourth-order valence-corrected chi connectivity index (χ4v) is 2.97. The zero-order chi connectivity index (χ0) is 18.6. The summed E-state index contributed by atoms with van der Waals surface area (Å²) in [5, 5.41) is 7.47. The topological polar surface area (TPSA) is 85.5 Å². The highest BCUT2D eigenvalue weighted by Crippen LogP contribution is 2.22. The summed E-state index contributed by atoms with van der Waals surface area (Å²) in [6.07, 6.45) is 2.72. The number of ether oxygens (including phenoxy) is 1. The van der Waals surface area contributed by atoms with Crippen LogP contribution in [0.25, 0.3) is 11.5 Å². The van der Waals surface area contributed by atoms with Gasteiger partial charge in [0.1, 0.15) is 5.75 Å². The molecule has 0 radical (unpaired) electrons. The van der Waals surface area contributed by atoms with Crippen LogP contribution in [-0.2, 0) is 4.79 Å². The lowest BCUT2D eigenvalue weighted by molar-refractivity contribution is -0.117. The molecule has 0 aliphatic carbocycles. The third-order valence-corrected chi connectivity index (χ3v) is 4.41. The second kappa shape index (κ2) is 7.41. The van der Waals surface area contributed by atoms with Crippen molar-refractivity contribution in [3.8, 4) is 17.2 Å². The lowest BCUT2D eigenvalue weighted by Gasteiger charge is -2.15. The van der Waals surface area contributed by atoms with Crippen molar-refractivity contribution in [2.45, 2.75) is 12.8 Å². The van der Waals surface area contributed by atoms with Crippen molar-refractivity contribution in [1.82, 2.24) is 10.2 Å². The standard InChI is InChI=1S/C20H17N3O4/c24-18(14-3-7-16(8-4-14)23-11-1-2-19(23)25)12-26-17-9-5-15(6-10-17)20-22-21-13-27-20/h3-10,13H,1-2,11-12H2. The molecule has 1 fully saturated rings. The van der Waals surface area contributed by atoms with Gasteiger partial charge in [0, 0.05) is 29.8 Å². The van der Waals surface area contributed by atoms with Crippen molar-refractivity contribution >= 4 is 17.4 Å². The number of Topliss-reactive ketones (excluding diaryl/α,β-unsaturated/α-hetero) is 1. The lowest BCUT2D eigenvalue weighted by Crippen LogP contribution is -2.23. The van der Waals surface area contributed by atoms with Gasteiger partial charge in [-0.3, -0.25) is 9.59 Å². The first-order valence-electron chi connectivity index (χ1n) is 8.64. The highest BCUT2D eigenvalue weighted by molar-refractivity contribution is 5.99. The molecule has 4 rings (SSSR count). The first-order valence-corrected chi connectivity index (χ1v) is 8.64. The number of carbonyl (C=O) groups is 2. The van der Waals surface area contributed by atoms with Crippen molar-refractivity contribution in [3.63, 3.8) is 0 Å². The van der Waals surface area contributed by atoms with Crippen LogP contribution in [0.5, 0.6) is 5.75 Å². The Hall–Kier alpha value is -3.48. The van der Waals surface area contributed by atoms with E-state index in [1.165, 1.54) is 6.39 Å². The van der Waals surface area contributed by atoms with E-state index in [0.29, 0.717) is 23.6 Å². The van der Waals surface area contributed by atoms with E-state index >= 15 is 0 Å². The lowest BCUT2D eigenvalue weighted by atomic mass is 10.1. The Bertz CT molecular complexity index is 934. The number of aromatic nitrogens is 2. The van der Waals surface area contributed by atoms with Gasteiger partial charge in [-0.25, -0.2) is 0 Å². The molecule has 0 saturated carbocycles. The van der Waals surface area contributed by atoms with Crippen LogP contribution in [-0.4, -0.2) is 35.0 Å². The van der Waals surface area contributed by atoms with Crippen LogP contribution in [0.4, 0.5) is 5.69 Å². The predicted octanol–water partition coefficient (Wildman–Crippen LogP) is 3.13. The molecule has 7 nitrogen and oxygen atoms in total. The number of hydrogen-bond acceptors (Lipinski definition) is 6. The van der Waals surface area contributed by atoms with Gasteiger partial charge >= 0.3 is 0 Å². The van der Waals surface area contributed by atoms with E-state index in [9.17, 15) is 9.59 Å². The molecular formula is C20H17N3O4. The molecule has 0 bridgehead atoms. The van der Waals surface area contributed by atoms with Gasteiger partial charge in [-0.2, -0.15) is 0 Å². The Balaban J connectivity index is 1.35. The molecule has 27 heavy (non-hydrogen) atoms. The first kappa shape index (κ1) is 17.0. The van der Waals surface area contributed by atoms with Crippen LogP contribution >= 0.6 is 0 Å². The van der Waals surface area contributed by atoms with Crippen molar-refractivity contribution in [2.75, 3.05) is 18.1 Å². The van der Waals surface area contributed by atoms with Gasteiger partial charge in [0.15, 0.2) is 12.4 Å². The van der Waals surface area contributed by atoms with Crippen molar-refractivity contribution in [2.24, 2.45) is 0 Å². The molecule has 1 aromatic heterocycles. The minimum atomic E-state index is -0.129. The molecule has 2 aromatic carbocycles. The first-order chi connectivity index (χ1) is 13.2. The van der Waals surface area contributed by atoms with E-state index in [0.717, 1.165) is 24.2 Å². The SMILES string of the molecule is O=C(COc1ccc(-c2nnco2)cc1)c1ccc(N2CCCC2=O)cc1. The molecule has 1 saturated heterocycles. The summed E-state index contributed by atoms with van der Waals surface area (Å²) in [5.41, 5.74) is 2.15. The Morgan fingerprint density at radius 1 is 1.11 bits per heavy atom. The number of hydrogen-bond donors (Lipinski definition) is 0. The fraction of sp³-hybridized carbons (Fsp3) is 0.200. The van der Waals surface area contributed by atoms with Gasteiger partial charge in [-0.05, 0) is 55.0 Å². The summed E-state index contributed by atoms with van der Waals surface area (Å²) >= 11 is 0. The average molecular weight is 363 g/mol. The molecule has 1 aliphatic rings. The summed E-state index contributed by atoms with van der Waals surface area (Å²) in [6.45, 7) is 0.663. The van der Waals surface area contributed by atoms with E-state index in [1.54, 1.807) is 53.4 Å². The molecule has 7 heteroatoms. The van der Waals surface area contributed by atoms with Crippen LogP contribution in [0.1, 0.15) is 23.2 Å². The average Bonchev–Trinajstić information content (AvgIpc) is 3.38. The summed E-state index contributed by atoms with van der Waals surface area (Å²) in [6, 6.07) is 14.1. The van der Waals surface area contributed by atoms with Crippen molar-refractivity contribution in [3.05, 3.63) is 60.5 Å². The Morgan fingerprint density at radius 2 is 1.89 bits per heavy atom. The summed E-state index contributed by atoms with van der Waals surface area (Å²) in [7, 11) is 0. The number of anilines is 1. The maximum atomic E-state index is 12.3. The Kier molecular flexibility index (Phi) is 4.65. The maximum Gasteiger partial charge on any atom is 0.247 e. The van der Waals surface area contributed by atoms with Crippen LogP contribution in [0, 0.1) is 0 Å². The van der Waals surface area contributed by atoms with E-state index in [-0.39, 0.29) is 18.3 Å². The van der Waals surface area contributed by atoms with Crippen molar-refractivity contribution < 1.29 is 18.7 Å². The van der Waals surface area contributed by atoms with Gasteiger partial charge in [-0.15, -0.1) is 10.2 Å². The predicted molar refractivity (Wildman–Crippen MR) is 97.6 cm³/mol.